The molecule has 2 aromatic carbocycles. The van der Waals surface area contributed by atoms with Crippen molar-refractivity contribution in [3.05, 3.63) is 59.9 Å². The Kier molecular flexibility index (Phi) is 8.23. The van der Waals surface area contributed by atoms with E-state index in [1.165, 1.54) is 12.1 Å². The number of rotatable bonds is 10. The van der Waals surface area contributed by atoms with Crippen molar-refractivity contribution in [3.8, 4) is 5.75 Å². The molecule has 0 radical (unpaired) electrons. The maximum Gasteiger partial charge on any atom is 0.227 e. The molecule has 0 saturated carbocycles. The van der Waals surface area contributed by atoms with Gasteiger partial charge in [0.1, 0.15) is 12.7 Å². The summed E-state index contributed by atoms with van der Waals surface area (Å²) in [5.41, 5.74) is 1.74. The van der Waals surface area contributed by atoms with Crippen LogP contribution in [0.4, 0.5) is 10.1 Å². The number of amides is 1. The molecule has 0 aliphatic rings. The van der Waals surface area contributed by atoms with Gasteiger partial charge in [-0.25, -0.2) is 4.39 Å². The van der Waals surface area contributed by atoms with Crippen molar-refractivity contribution < 1.29 is 19.0 Å². The van der Waals surface area contributed by atoms with Crippen molar-refractivity contribution in [1.29, 1.82) is 0 Å². The van der Waals surface area contributed by atoms with Gasteiger partial charge in [-0.3, -0.25) is 4.79 Å². The Morgan fingerprint density at radius 3 is 2.74 bits per heavy atom. The maximum atomic E-state index is 13.5. The van der Waals surface area contributed by atoms with Crippen LogP contribution >= 0.6 is 0 Å². The fourth-order valence-corrected chi connectivity index (χ4v) is 2.40. The third kappa shape index (κ3) is 7.00. The normalized spacial score (nSPS) is 13.0. The van der Waals surface area contributed by atoms with E-state index in [2.05, 4.69) is 10.6 Å². The van der Waals surface area contributed by atoms with E-state index in [0.717, 1.165) is 17.7 Å². The van der Waals surface area contributed by atoms with Gasteiger partial charge >= 0.3 is 0 Å². The Bertz CT molecular complexity index is 739. The Morgan fingerprint density at radius 2 is 2.00 bits per heavy atom. The van der Waals surface area contributed by atoms with Gasteiger partial charge in [-0.1, -0.05) is 38.1 Å². The molecular weight excluding hydrogens is 347 g/mol. The Balaban J connectivity index is 1.75. The van der Waals surface area contributed by atoms with Gasteiger partial charge in [0.25, 0.3) is 0 Å². The van der Waals surface area contributed by atoms with E-state index in [1.807, 2.05) is 38.1 Å². The van der Waals surface area contributed by atoms with Crippen LogP contribution in [0.1, 0.15) is 25.8 Å². The molecule has 2 aromatic rings. The summed E-state index contributed by atoms with van der Waals surface area (Å²) in [5.74, 6) is -0.352. The fourth-order valence-electron chi connectivity index (χ4n) is 2.40. The first-order valence-corrected chi connectivity index (χ1v) is 9.15. The maximum absolute atomic E-state index is 13.5. The lowest BCUT2D eigenvalue weighted by molar-refractivity contribution is -0.119. The first-order valence-electron chi connectivity index (χ1n) is 9.15. The number of anilines is 1. The number of ether oxygens (including phenoxy) is 1. The Morgan fingerprint density at radius 1 is 1.22 bits per heavy atom. The standard InChI is InChI=1S/C21H27FN2O3/c1-3-15(2)21(26)24-17-8-6-7-16(11-17)12-23-13-18(25)14-27-20-10-5-4-9-19(20)22/h4-11,15,18,23,25H,3,12-14H2,1-2H3,(H,24,26). The lowest BCUT2D eigenvalue weighted by Gasteiger charge is -2.14. The zero-order chi connectivity index (χ0) is 19.6. The van der Waals surface area contributed by atoms with E-state index in [4.69, 9.17) is 4.74 Å². The minimum Gasteiger partial charge on any atom is -0.488 e. The van der Waals surface area contributed by atoms with Gasteiger partial charge in [0.05, 0.1) is 0 Å². The summed E-state index contributed by atoms with van der Waals surface area (Å²) < 4.78 is 18.7. The molecule has 2 rings (SSSR count). The lowest BCUT2D eigenvalue weighted by Crippen LogP contribution is -2.31. The quantitative estimate of drug-likeness (QED) is 0.597. The first kappa shape index (κ1) is 20.9. The SMILES string of the molecule is CCC(C)C(=O)Nc1cccc(CNCC(O)COc2ccccc2F)c1. The van der Waals surface area contributed by atoms with Crippen LogP contribution in [0.5, 0.6) is 5.75 Å². The third-order valence-corrected chi connectivity index (χ3v) is 4.23. The highest BCUT2D eigenvalue weighted by Crippen LogP contribution is 2.15. The van der Waals surface area contributed by atoms with Gasteiger partial charge in [0, 0.05) is 24.7 Å². The summed E-state index contributed by atoms with van der Waals surface area (Å²) in [7, 11) is 0. The summed E-state index contributed by atoms with van der Waals surface area (Å²) >= 11 is 0. The highest BCUT2D eigenvalue weighted by Gasteiger charge is 2.11. The number of hydrogen-bond acceptors (Lipinski definition) is 4. The van der Waals surface area contributed by atoms with E-state index in [-0.39, 0.29) is 24.2 Å². The molecule has 0 aromatic heterocycles. The number of hydrogen-bond donors (Lipinski definition) is 3. The molecule has 2 atom stereocenters. The molecule has 0 aliphatic carbocycles. The van der Waals surface area contributed by atoms with Crippen LogP contribution in [0.2, 0.25) is 0 Å². The number of aliphatic hydroxyl groups excluding tert-OH is 1. The van der Waals surface area contributed by atoms with E-state index in [9.17, 15) is 14.3 Å². The third-order valence-electron chi connectivity index (χ3n) is 4.23. The molecule has 0 aliphatic heterocycles. The van der Waals surface area contributed by atoms with Crippen LogP contribution in [0.15, 0.2) is 48.5 Å². The summed E-state index contributed by atoms with van der Waals surface area (Å²) in [4.78, 5) is 12.0. The molecule has 0 saturated heterocycles. The van der Waals surface area contributed by atoms with Gasteiger partial charge in [0.15, 0.2) is 11.6 Å². The number of carbonyl (C=O) groups excluding carboxylic acids is 1. The average Bonchev–Trinajstić information content (AvgIpc) is 2.67. The van der Waals surface area contributed by atoms with Crippen LogP contribution < -0.4 is 15.4 Å². The zero-order valence-corrected chi connectivity index (χ0v) is 15.7. The minimum absolute atomic E-state index is 0.00105. The molecule has 0 bridgehead atoms. The van der Waals surface area contributed by atoms with E-state index < -0.39 is 11.9 Å². The highest BCUT2D eigenvalue weighted by molar-refractivity contribution is 5.92. The van der Waals surface area contributed by atoms with Crippen LogP contribution in [-0.4, -0.2) is 30.3 Å². The monoisotopic (exact) mass is 374 g/mol. The van der Waals surface area contributed by atoms with Crippen molar-refractivity contribution in [3.63, 3.8) is 0 Å². The topological polar surface area (TPSA) is 70.6 Å². The predicted octanol–water partition coefficient (Wildman–Crippen LogP) is 3.34. The number of halogens is 1. The van der Waals surface area contributed by atoms with Crippen LogP contribution in [0, 0.1) is 11.7 Å². The van der Waals surface area contributed by atoms with Crippen LogP contribution in [0.3, 0.4) is 0 Å². The summed E-state index contributed by atoms with van der Waals surface area (Å²) in [6, 6.07) is 13.7. The molecule has 0 spiro atoms. The average molecular weight is 374 g/mol. The van der Waals surface area contributed by atoms with Crippen molar-refractivity contribution in [2.24, 2.45) is 5.92 Å². The van der Waals surface area contributed by atoms with E-state index >= 15 is 0 Å². The van der Waals surface area contributed by atoms with Crippen molar-refractivity contribution in [2.45, 2.75) is 32.9 Å². The molecule has 146 valence electrons. The second kappa shape index (κ2) is 10.6. The summed E-state index contributed by atoms with van der Waals surface area (Å²) in [5, 5.41) is 16.0. The van der Waals surface area contributed by atoms with Gasteiger partial charge in [-0.2, -0.15) is 0 Å². The summed E-state index contributed by atoms with van der Waals surface area (Å²) in [6.45, 7) is 4.71. The molecule has 2 unspecified atom stereocenters. The van der Waals surface area contributed by atoms with Gasteiger partial charge in [-0.15, -0.1) is 0 Å². The zero-order valence-electron chi connectivity index (χ0n) is 15.7. The molecule has 6 heteroatoms. The number of benzene rings is 2. The van der Waals surface area contributed by atoms with Gasteiger partial charge < -0.3 is 20.5 Å². The highest BCUT2D eigenvalue weighted by atomic mass is 19.1. The second-order valence-electron chi connectivity index (χ2n) is 6.53. The molecular formula is C21H27FN2O3. The van der Waals surface area contributed by atoms with E-state index in [1.54, 1.807) is 12.1 Å². The molecule has 3 N–H and O–H groups in total. The van der Waals surface area contributed by atoms with Gasteiger partial charge in [0.2, 0.25) is 5.91 Å². The Hall–Kier alpha value is -2.44. The molecule has 0 heterocycles. The minimum atomic E-state index is -0.766. The number of para-hydroxylation sites is 1. The number of carbonyl (C=O) groups is 1. The summed E-state index contributed by atoms with van der Waals surface area (Å²) in [6.07, 6.45) is 0.0257. The van der Waals surface area contributed by atoms with Crippen molar-refractivity contribution in [2.75, 3.05) is 18.5 Å². The van der Waals surface area contributed by atoms with Crippen molar-refractivity contribution >= 4 is 11.6 Å². The Labute approximate surface area is 159 Å². The second-order valence-corrected chi connectivity index (χ2v) is 6.53. The number of nitrogens with one attached hydrogen (secondary N) is 2. The number of aliphatic hydroxyl groups is 1. The fraction of sp³-hybridized carbons (Fsp3) is 0.381. The lowest BCUT2D eigenvalue weighted by atomic mass is 10.1. The molecule has 27 heavy (non-hydrogen) atoms. The smallest absolute Gasteiger partial charge is 0.227 e. The molecule has 0 fully saturated rings. The predicted molar refractivity (Wildman–Crippen MR) is 104 cm³/mol. The van der Waals surface area contributed by atoms with Crippen molar-refractivity contribution in [1.82, 2.24) is 5.32 Å². The van der Waals surface area contributed by atoms with Crippen LogP contribution in [0.25, 0.3) is 0 Å². The van der Waals surface area contributed by atoms with E-state index in [0.29, 0.717) is 13.1 Å². The van der Waals surface area contributed by atoms with Gasteiger partial charge in [-0.05, 0) is 36.2 Å². The molecule has 1 amide bonds. The molecule has 5 nitrogen and oxygen atoms in total. The van der Waals surface area contributed by atoms with Crippen LogP contribution in [-0.2, 0) is 11.3 Å². The largest absolute Gasteiger partial charge is 0.488 e. The first-order chi connectivity index (χ1) is 13.0.